The van der Waals surface area contributed by atoms with Gasteiger partial charge >= 0.3 is 6.18 Å². The van der Waals surface area contributed by atoms with Gasteiger partial charge in [0.25, 0.3) is 5.91 Å². The number of ether oxygens (including phenoxy) is 1. The van der Waals surface area contributed by atoms with E-state index in [4.69, 9.17) is 10.00 Å². The van der Waals surface area contributed by atoms with Crippen LogP contribution in [0.2, 0.25) is 0 Å². The molecule has 1 N–H and O–H groups in total. The number of carbonyl (C=O) groups excluding carboxylic acids is 1. The number of halogens is 4. The molecule has 0 aliphatic carbocycles. The number of methoxy groups -OCH3 is 1. The number of carbonyl (C=O) groups is 1. The molecule has 0 aromatic heterocycles. The maximum Gasteiger partial charge on any atom is 0.417 e. The summed E-state index contributed by atoms with van der Waals surface area (Å²) in [4.78, 5) is 11.9. The van der Waals surface area contributed by atoms with Crippen LogP contribution in [0.4, 0.5) is 17.6 Å². The molecule has 1 amide bonds. The molecule has 2 aromatic carbocycles. The third kappa shape index (κ3) is 4.36. The molecule has 0 atom stereocenters. The lowest BCUT2D eigenvalue weighted by molar-refractivity contribution is -0.137. The van der Waals surface area contributed by atoms with E-state index in [0.29, 0.717) is 0 Å². The first-order chi connectivity index (χ1) is 12.3. The number of amides is 1. The zero-order chi connectivity index (χ0) is 19.3. The first kappa shape index (κ1) is 18.9. The van der Waals surface area contributed by atoms with Gasteiger partial charge in [-0.1, -0.05) is 0 Å². The number of nitrogens with one attached hydrogen (secondary N) is 1. The van der Waals surface area contributed by atoms with Gasteiger partial charge in [0.1, 0.15) is 11.6 Å². The van der Waals surface area contributed by atoms with Gasteiger partial charge in [0.05, 0.1) is 36.1 Å². The Morgan fingerprint density at radius 2 is 2.00 bits per heavy atom. The highest BCUT2D eigenvalue weighted by Crippen LogP contribution is 2.33. The molecule has 0 saturated carbocycles. The molecule has 0 aliphatic heterocycles. The van der Waals surface area contributed by atoms with Crippen LogP contribution in [0.5, 0.6) is 5.75 Å². The molecule has 0 bridgehead atoms. The summed E-state index contributed by atoms with van der Waals surface area (Å²) in [6.45, 7) is 0. The van der Waals surface area contributed by atoms with Gasteiger partial charge in [-0.3, -0.25) is 4.79 Å². The summed E-state index contributed by atoms with van der Waals surface area (Å²) in [7, 11) is 1.23. The van der Waals surface area contributed by atoms with Gasteiger partial charge in [-0.15, -0.1) is 0 Å². The number of alkyl halides is 3. The Morgan fingerprint density at radius 3 is 2.62 bits per heavy atom. The monoisotopic (exact) mass is 365 g/mol. The number of rotatable bonds is 4. The van der Waals surface area contributed by atoms with Crippen LogP contribution < -0.4 is 10.2 Å². The van der Waals surface area contributed by atoms with Crippen molar-refractivity contribution in [1.82, 2.24) is 5.43 Å². The molecular formula is C17H11F4N3O2. The average molecular weight is 365 g/mol. The SMILES string of the molecule is COc1ccc(C=NNC(=O)c2cc(C#N)ccc2F)c(C(F)(F)F)c1. The minimum absolute atomic E-state index is 0.00824. The van der Waals surface area contributed by atoms with Crippen molar-refractivity contribution in [3.05, 3.63) is 64.5 Å². The minimum atomic E-state index is -4.66. The summed E-state index contributed by atoms with van der Waals surface area (Å²) in [5, 5.41) is 12.2. The first-order valence-corrected chi connectivity index (χ1v) is 7.04. The van der Waals surface area contributed by atoms with Crippen LogP contribution in [-0.4, -0.2) is 19.2 Å². The lowest BCUT2D eigenvalue weighted by atomic mass is 10.1. The van der Waals surface area contributed by atoms with E-state index in [1.165, 1.54) is 19.2 Å². The summed E-state index contributed by atoms with van der Waals surface area (Å²) < 4.78 is 57.6. The molecule has 2 aromatic rings. The van der Waals surface area contributed by atoms with Crippen LogP contribution in [-0.2, 0) is 6.18 Å². The molecule has 26 heavy (non-hydrogen) atoms. The predicted octanol–water partition coefficient (Wildman–Crippen LogP) is 3.49. The Bertz CT molecular complexity index is 902. The third-order valence-electron chi connectivity index (χ3n) is 3.28. The van der Waals surface area contributed by atoms with Crippen molar-refractivity contribution in [2.24, 2.45) is 5.10 Å². The van der Waals surface area contributed by atoms with Crippen LogP contribution in [0.1, 0.15) is 27.0 Å². The number of benzene rings is 2. The number of nitriles is 1. The van der Waals surface area contributed by atoms with Crippen LogP contribution in [0, 0.1) is 17.1 Å². The van der Waals surface area contributed by atoms with E-state index in [9.17, 15) is 22.4 Å². The molecule has 0 aliphatic rings. The average Bonchev–Trinajstić information content (AvgIpc) is 2.61. The number of hydrogen-bond acceptors (Lipinski definition) is 4. The number of nitrogens with zero attached hydrogens (tertiary/aromatic N) is 2. The van der Waals surface area contributed by atoms with Crippen LogP contribution >= 0.6 is 0 Å². The Morgan fingerprint density at radius 1 is 1.27 bits per heavy atom. The summed E-state index contributed by atoms with van der Waals surface area (Å²) in [5.74, 6) is -1.89. The van der Waals surface area contributed by atoms with Gasteiger partial charge in [0.15, 0.2) is 0 Å². The minimum Gasteiger partial charge on any atom is -0.497 e. The van der Waals surface area contributed by atoms with E-state index < -0.39 is 29.0 Å². The second kappa shape index (κ2) is 7.65. The van der Waals surface area contributed by atoms with Crippen LogP contribution in [0.3, 0.4) is 0 Å². The molecule has 9 heteroatoms. The van der Waals surface area contributed by atoms with Crippen molar-refractivity contribution in [2.75, 3.05) is 7.11 Å². The standard InChI is InChI=1S/C17H11F4N3O2/c1-26-12-4-3-11(14(7-12)17(19,20)21)9-23-24-16(25)13-6-10(8-22)2-5-15(13)18/h2-7,9H,1H3,(H,24,25). The topological polar surface area (TPSA) is 74.5 Å². The van der Waals surface area contributed by atoms with Crippen molar-refractivity contribution < 1.29 is 27.1 Å². The molecule has 134 valence electrons. The molecular weight excluding hydrogens is 354 g/mol. The lowest BCUT2D eigenvalue weighted by Crippen LogP contribution is -2.19. The Kier molecular flexibility index (Phi) is 5.57. The van der Waals surface area contributed by atoms with E-state index in [1.54, 1.807) is 6.07 Å². The maximum absolute atomic E-state index is 13.6. The van der Waals surface area contributed by atoms with E-state index in [-0.39, 0.29) is 16.9 Å². The molecule has 5 nitrogen and oxygen atoms in total. The highest BCUT2D eigenvalue weighted by Gasteiger charge is 2.33. The first-order valence-electron chi connectivity index (χ1n) is 7.04. The second-order valence-corrected chi connectivity index (χ2v) is 4.96. The highest BCUT2D eigenvalue weighted by molar-refractivity contribution is 5.95. The molecule has 0 spiro atoms. The van der Waals surface area contributed by atoms with Crippen molar-refractivity contribution in [2.45, 2.75) is 6.18 Å². The van der Waals surface area contributed by atoms with E-state index in [2.05, 4.69) is 5.10 Å². The van der Waals surface area contributed by atoms with Crippen LogP contribution in [0.15, 0.2) is 41.5 Å². The van der Waals surface area contributed by atoms with Gasteiger partial charge in [-0.25, -0.2) is 9.82 Å². The van der Waals surface area contributed by atoms with Crippen molar-refractivity contribution in [1.29, 1.82) is 5.26 Å². The van der Waals surface area contributed by atoms with Gasteiger partial charge in [0, 0.05) is 5.56 Å². The van der Waals surface area contributed by atoms with Crippen molar-refractivity contribution in [3.63, 3.8) is 0 Å². The van der Waals surface area contributed by atoms with Gasteiger partial charge < -0.3 is 4.74 Å². The quantitative estimate of drug-likeness (QED) is 0.512. The zero-order valence-corrected chi connectivity index (χ0v) is 13.3. The fraction of sp³-hybridized carbons (Fsp3) is 0.118. The largest absolute Gasteiger partial charge is 0.497 e. The maximum atomic E-state index is 13.6. The van der Waals surface area contributed by atoms with Gasteiger partial charge in [0.2, 0.25) is 0 Å². The third-order valence-corrected chi connectivity index (χ3v) is 3.28. The lowest BCUT2D eigenvalue weighted by Gasteiger charge is -2.11. The highest BCUT2D eigenvalue weighted by atomic mass is 19.4. The molecule has 2 rings (SSSR count). The normalized spacial score (nSPS) is 11.2. The number of hydrazone groups is 1. The van der Waals surface area contributed by atoms with Crippen molar-refractivity contribution in [3.8, 4) is 11.8 Å². The molecule has 0 heterocycles. The van der Waals surface area contributed by atoms with Gasteiger partial charge in [-0.2, -0.15) is 23.5 Å². The summed E-state index contributed by atoms with van der Waals surface area (Å²) >= 11 is 0. The number of hydrogen-bond donors (Lipinski definition) is 1. The van der Waals surface area contributed by atoms with Crippen LogP contribution in [0.25, 0.3) is 0 Å². The molecule has 0 fully saturated rings. The zero-order valence-electron chi connectivity index (χ0n) is 13.3. The van der Waals surface area contributed by atoms with E-state index in [0.717, 1.165) is 30.5 Å². The smallest absolute Gasteiger partial charge is 0.417 e. The van der Waals surface area contributed by atoms with Gasteiger partial charge in [-0.05, 0) is 36.4 Å². The molecule has 0 saturated heterocycles. The fourth-order valence-corrected chi connectivity index (χ4v) is 2.01. The molecule has 0 unspecified atom stereocenters. The Labute approximate surface area is 145 Å². The Hall–Kier alpha value is -3.41. The van der Waals surface area contributed by atoms with E-state index >= 15 is 0 Å². The Balaban J connectivity index is 2.24. The van der Waals surface area contributed by atoms with E-state index in [1.807, 2.05) is 5.43 Å². The summed E-state index contributed by atoms with van der Waals surface area (Å²) in [6, 6.07) is 8.08. The fourth-order valence-electron chi connectivity index (χ4n) is 2.01. The summed E-state index contributed by atoms with van der Waals surface area (Å²) in [6.07, 6.45) is -3.88. The van der Waals surface area contributed by atoms with Crippen molar-refractivity contribution >= 4 is 12.1 Å². The predicted molar refractivity (Wildman–Crippen MR) is 84.2 cm³/mol. The molecule has 0 radical (unpaired) electrons. The summed E-state index contributed by atoms with van der Waals surface area (Å²) in [5.41, 5.74) is 0.207. The second-order valence-electron chi connectivity index (χ2n) is 4.96.